The van der Waals surface area contributed by atoms with Crippen LogP contribution >= 0.6 is 11.3 Å². The number of ether oxygens (including phenoxy) is 1. The normalized spacial score (nSPS) is 13.0. The van der Waals surface area contributed by atoms with Gasteiger partial charge in [-0.05, 0) is 5.38 Å². The average molecular weight is 173 g/mol. The van der Waals surface area contributed by atoms with Gasteiger partial charge in [0.05, 0.1) is 19.8 Å². The van der Waals surface area contributed by atoms with Crippen LogP contribution in [0.4, 0.5) is 0 Å². The molecule has 0 aliphatic carbocycles. The number of rotatable bonds is 3. The second-order valence-electron chi connectivity index (χ2n) is 2.18. The third-order valence-electron chi connectivity index (χ3n) is 1.47. The summed E-state index contributed by atoms with van der Waals surface area (Å²) >= 11 is 1.52. The minimum absolute atomic E-state index is 0.0485. The molecular weight excluding hydrogens is 162 g/mol. The average Bonchev–Trinajstić information content (AvgIpc) is 2.50. The highest BCUT2D eigenvalue weighted by Crippen LogP contribution is 2.27. The topological polar surface area (TPSA) is 55.5 Å². The van der Waals surface area contributed by atoms with Gasteiger partial charge in [0.1, 0.15) is 5.75 Å². The molecule has 3 N–H and O–H groups in total. The molecule has 0 fully saturated rings. The summed E-state index contributed by atoms with van der Waals surface area (Å²) in [5.74, 6) is 0.761. The Balaban J connectivity index is 2.83. The molecule has 1 aromatic rings. The van der Waals surface area contributed by atoms with E-state index in [4.69, 9.17) is 15.6 Å². The van der Waals surface area contributed by atoms with Crippen LogP contribution in [0.15, 0.2) is 10.8 Å². The molecule has 1 atom stereocenters. The van der Waals surface area contributed by atoms with Crippen molar-refractivity contribution in [2.24, 2.45) is 5.73 Å². The van der Waals surface area contributed by atoms with Gasteiger partial charge < -0.3 is 15.6 Å². The van der Waals surface area contributed by atoms with Gasteiger partial charge in [0.2, 0.25) is 0 Å². The lowest BCUT2D eigenvalue weighted by molar-refractivity contribution is 0.265. The van der Waals surface area contributed by atoms with E-state index >= 15 is 0 Å². The van der Waals surface area contributed by atoms with Gasteiger partial charge in [-0.1, -0.05) is 0 Å². The van der Waals surface area contributed by atoms with Gasteiger partial charge in [-0.15, -0.1) is 11.3 Å². The van der Waals surface area contributed by atoms with E-state index in [1.54, 1.807) is 7.11 Å². The maximum Gasteiger partial charge on any atom is 0.134 e. The lowest BCUT2D eigenvalue weighted by atomic mass is 10.2. The van der Waals surface area contributed by atoms with Crippen molar-refractivity contribution in [2.75, 3.05) is 13.7 Å². The van der Waals surface area contributed by atoms with E-state index in [-0.39, 0.29) is 12.6 Å². The van der Waals surface area contributed by atoms with E-state index < -0.39 is 0 Å². The molecule has 0 aromatic carbocycles. The first-order valence-electron chi connectivity index (χ1n) is 3.26. The van der Waals surface area contributed by atoms with E-state index in [0.29, 0.717) is 0 Å². The van der Waals surface area contributed by atoms with E-state index in [2.05, 4.69) is 0 Å². The summed E-state index contributed by atoms with van der Waals surface area (Å²) in [4.78, 5) is 0. The fourth-order valence-electron chi connectivity index (χ4n) is 0.830. The molecule has 0 aliphatic heterocycles. The highest BCUT2D eigenvalue weighted by Gasteiger charge is 2.10. The quantitative estimate of drug-likeness (QED) is 0.709. The Morgan fingerprint density at radius 2 is 2.45 bits per heavy atom. The Labute approximate surface area is 69.4 Å². The Morgan fingerprint density at radius 1 is 1.73 bits per heavy atom. The Hall–Kier alpha value is -0.580. The van der Waals surface area contributed by atoms with Crippen molar-refractivity contribution in [2.45, 2.75) is 6.04 Å². The number of hydrogen-bond acceptors (Lipinski definition) is 4. The molecule has 0 unspecified atom stereocenters. The van der Waals surface area contributed by atoms with Gasteiger partial charge >= 0.3 is 0 Å². The number of hydrogen-bond donors (Lipinski definition) is 2. The standard InChI is InChI=1S/C7H11NO2S/c1-10-7-4-11-3-5(7)6(8)2-9/h3-4,6,9H,2,8H2,1H3/t6-/m0/s1. The minimum Gasteiger partial charge on any atom is -0.496 e. The summed E-state index contributed by atoms with van der Waals surface area (Å²) in [5, 5.41) is 12.5. The molecule has 1 heterocycles. The maximum absolute atomic E-state index is 8.75. The second-order valence-corrected chi connectivity index (χ2v) is 2.93. The van der Waals surface area contributed by atoms with Crippen molar-refractivity contribution in [1.29, 1.82) is 0 Å². The Morgan fingerprint density at radius 3 is 3.00 bits per heavy atom. The monoisotopic (exact) mass is 173 g/mol. The molecule has 0 saturated heterocycles. The molecular formula is C7H11NO2S. The first kappa shape index (κ1) is 8.52. The first-order chi connectivity index (χ1) is 5.29. The second kappa shape index (κ2) is 3.71. The van der Waals surface area contributed by atoms with Crippen molar-refractivity contribution in [3.8, 4) is 5.75 Å². The van der Waals surface area contributed by atoms with Crippen LogP contribution < -0.4 is 10.5 Å². The van der Waals surface area contributed by atoms with Crippen LogP contribution in [-0.2, 0) is 0 Å². The highest BCUT2D eigenvalue weighted by molar-refractivity contribution is 7.08. The number of thiophene rings is 1. The SMILES string of the molecule is COc1cscc1[C@@H](N)CO. The van der Waals surface area contributed by atoms with Gasteiger partial charge in [-0.3, -0.25) is 0 Å². The summed E-state index contributed by atoms with van der Waals surface area (Å²) in [6.45, 7) is -0.0485. The molecule has 0 radical (unpaired) electrons. The summed E-state index contributed by atoms with van der Waals surface area (Å²) < 4.78 is 5.03. The van der Waals surface area contributed by atoms with E-state index in [9.17, 15) is 0 Å². The van der Waals surface area contributed by atoms with Gasteiger partial charge in [0.15, 0.2) is 0 Å². The van der Waals surface area contributed by atoms with Crippen LogP contribution in [0.1, 0.15) is 11.6 Å². The number of aliphatic hydroxyl groups excluding tert-OH is 1. The third kappa shape index (κ3) is 1.71. The van der Waals surface area contributed by atoms with Crippen LogP contribution in [0.25, 0.3) is 0 Å². The Bertz CT molecular complexity index is 224. The van der Waals surface area contributed by atoms with Crippen molar-refractivity contribution >= 4 is 11.3 Å². The van der Waals surface area contributed by atoms with Crippen LogP contribution in [0, 0.1) is 0 Å². The predicted molar refractivity (Wildman–Crippen MR) is 44.9 cm³/mol. The third-order valence-corrected chi connectivity index (χ3v) is 2.21. The molecule has 3 nitrogen and oxygen atoms in total. The van der Waals surface area contributed by atoms with Crippen molar-refractivity contribution in [3.63, 3.8) is 0 Å². The zero-order chi connectivity index (χ0) is 8.27. The van der Waals surface area contributed by atoms with E-state index in [0.717, 1.165) is 11.3 Å². The Kier molecular flexibility index (Phi) is 2.87. The molecule has 1 aromatic heterocycles. The van der Waals surface area contributed by atoms with Crippen molar-refractivity contribution < 1.29 is 9.84 Å². The molecule has 0 aliphatic rings. The van der Waals surface area contributed by atoms with Gasteiger partial charge in [0, 0.05) is 10.9 Å². The molecule has 4 heteroatoms. The lowest BCUT2D eigenvalue weighted by Crippen LogP contribution is -2.14. The predicted octanol–water partition coefficient (Wildman–Crippen LogP) is 0.749. The number of nitrogens with two attached hydrogens (primary N) is 1. The summed E-state index contributed by atoms with van der Waals surface area (Å²) in [6, 6.07) is -0.323. The summed E-state index contributed by atoms with van der Waals surface area (Å²) in [5.41, 5.74) is 6.47. The minimum atomic E-state index is -0.323. The van der Waals surface area contributed by atoms with Gasteiger partial charge in [0.25, 0.3) is 0 Å². The van der Waals surface area contributed by atoms with Crippen LogP contribution in [0.3, 0.4) is 0 Å². The molecule has 0 spiro atoms. The lowest BCUT2D eigenvalue weighted by Gasteiger charge is -2.07. The summed E-state index contributed by atoms with van der Waals surface area (Å²) in [7, 11) is 1.59. The molecule has 0 bridgehead atoms. The van der Waals surface area contributed by atoms with Crippen molar-refractivity contribution in [1.82, 2.24) is 0 Å². The van der Waals surface area contributed by atoms with E-state index in [1.165, 1.54) is 11.3 Å². The smallest absolute Gasteiger partial charge is 0.134 e. The van der Waals surface area contributed by atoms with Crippen LogP contribution in [0.2, 0.25) is 0 Å². The summed E-state index contributed by atoms with van der Waals surface area (Å²) in [6.07, 6.45) is 0. The van der Waals surface area contributed by atoms with Crippen LogP contribution in [-0.4, -0.2) is 18.8 Å². The fourth-order valence-corrected chi connectivity index (χ4v) is 1.69. The molecule has 62 valence electrons. The number of methoxy groups -OCH3 is 1. The van der Waals surface area contributed by atoms with E-state index in [1.807, 2.05) is 10.8 Å². The maximum atomic E-state index is 8.75. The molecule has 1 rings (SSSR count). The number of aliphatic hydroxyl groups is 1. The fraction of sp³-hybridized carbons (Fsp3) is 0.429. The van der Waals surface area contributed by atoms with Crippen molar-refractivity contribution in [3.05, 3.63) is 16.3 Å². The highest BCUT2D eigenvalue weighted by atomic mass is 32.1. The molecule has 0 saturated carbocycles. The van der Waals surface area contributed by atoms with Crippen LogP contribution in [0.5, 0.6) is 5.75 Å². The molecule has 11 heavy (non-hydrogen) atoms. The molecule has 0 amide bonds. The largest absolute Gasteiger partial charge is 0.496 e. The first-order valence-corrected chi connectivity index (χ1v) is 4.20. The van der Waals surface area contributed by atoms with Gasteiger partial charge in [-0.2, -0.15) is 0 Å². The zero-order valence-corrected chi connectivity index (χ0v) is 7.10. The van der Waals surface area contributed by atoms with Gasteiger partial charge in [-0.25, -0.2) is 0 Å². The zero-order valence-electron chi connectivity index (χ0n) is 6.28.